The van der Waals surface area contributed by atoms with Gasteiger partial charge in [0.15, 0.2) is 0 Å². The van der Waals surface area contributed by atoms with Gasteiger partial charge in [-0.25, -0.2) is 0 Å². The van der Waals surface area contributed by atoms with Gasteiger partial charge >= 0.3 is 0 Å². The molecule has 0 radical (unpaired) electrons. The zero-order chi connectivity index (χ0) is 49.2. The summed E-state index contributed by atoms with van der Waals surface area (Å²) < 4.78 is 0. The van der Waals surface area contributed by atoms with E-state index in [1.54, 1.807) is 11.1 Å². The molecule has 4 heteroatoms. The van der Waals surface area contributed by atoms with E-state index in [1.165, 1.54) is 149 Å². The molecule has 0 amide bonds. The van der Waals surface area contributed by atoms with Crippen LogP contribution in [-0.2, 0) is 27.1 Å². The monoisotopic (exact) mass is 973 g/mol. The third-order valence-corrected chi connectivity index (χ3v) is 26.0. The molecule has 4 atom stereocenters. The maximum absolute atomic E-state index is 12.7. The normalized spacial score (nSPS) is 48.2. The highest BCUT2D eigenvalue weighted by Gasteiger charge is 2.64. The van der Waals surface area contributed by atoms with Gasteiger partial charge < -0.3 is 21.7 Å². The number of nitrogen functional groups attached to an aromatic ring is 2. The third-order valence-electron chi connectivity index (χ3n) is 26.0. The van der Waals surface area contributed by atoms with E-state index in [9.17, 15) is 10.2 Å². The van der Waals surface area contributed by atoms with Crippen LogP contribution in [0.15, 0.2) is 60.7 Å². The first kappa shape index (κ1) is 44.2. The first-order valence-electron chi connectivity index (χ1n) is 30.3. The minimum Gasteiger partial charge on any atom is -0.505 e. The van der Waals surface area contributed by atoms with Gasteiger partial charge in [-0.05, 0) is 314 Å². The second kappa shape index (κ2) is 13.6. The van der Waals surface area contributed by atoms with Gasteiger partial charge in [0.25, 0.3) is 0 Å². The Labute approximate surface area is 436 Å². The van der Waals surface area contributed by atoms with Gasteiger partial charge in [-0.15, -0.1) is 0 Å². The summed E-state index contributed by atoms with van der Waals surface area (Å²) in [6.07, 6.45) is 31.1. The quantitative estimate of drug-likeness (QED) is 0.101. The van der Waals surface area contributed by atoms with Gasteiger partial charge in [-0.3, -0.25) is 0 Å². The number of anilines is 2. The van der Waals surface area contributed by atoms with Crippen LogP contribution < -0.4 is 11.5 Å². The van der Waals surface area contributed by atoms with Crippen LogP contribution in [0.1, 0.15) is 226 Å². The fourth-order valence-corrected chi connectivity index (χ4v) is 26.7. The smallest absolute Gasteiger partial charge is 0.142 e. The van der Waals surface area contributed by atoms with Gasteiger partial charge in [0.1, 0.15) is 11.5 Å². The van der Waals surface area contributed by atoms with Crippen molar-refractivity contribution in [1.29, 1.82) is 0 Å². The first-order valence-corrected chi connectivity index (χ1v) is 30.3. The number of phenols is 2. The lowest BCUT2D eigenvalue weighted by Crippen LogP contribution is -2.56. The molecule has 0 spiro atoms. The molecule has 382 valence electrons. The molecule has 16 saturated carbocycles. The van der Waals surface area contributed by atoms with Crippen molar-refractivity contribution in [3.63, 3.8) is 0 Å². The standard InChI is InChI=1S/C69H84N2O2/c1-61-21-45-22-62(2,33-61)36-67(31-45,35-61)47-5-7-51-52-8-6-48(68-32-46-23-63(3,37-68)34-64(4,24-46)38-68)16-54(52)69(53(51)15-47,49-17-55(59(72)57(70)19-49)65-25-39-9-40(26-65)11-41(10-39)27-65)50-18-56(60(73)58(71)20-50)66-28-42-12-43(29-66)14-44(13-42)30-66/h5-8,15-20,39-46,72-73H,9-14,21-38,70-71H2,1-4H3. The van der Waals surface area contributed by atoms with Gasteiger partial charge in [-0.1, -0.05) is 64.1 Å². The number of phenolic OH excluding ortho intramolecular Hbond substituents is 2. The summed E-state index contributed by atoms with van der Waals surface area (Å²) in [5, 5.41) is 25.4. The van der Waals surface area contributed by atoms with Crippen LogP contribution in [0.25, 0.3) is 11.1 Å². The molecular formula is C69H84N2O2. The fourth-order valence-electron chi connectivity index (χ4n) is 26.7. The minimum absolute atomic E-state index is 0.0649. The zero-order valence-electron chi connectivity index (χ0n) is 44.9. The summed E-state index contributed by atoms with van der Waals surface area (Å²) in [5.41, 5.74) is 30.1. The third kappa shape index (κ3) is 5.82. The largest absolute Gasteiger partial charge is 0.505 e. The molecule has 0 saturated heterocycles. The van der Waals surface area contributed by atoms with Crippen LogP contribution in [0.3, 0.4) is 0 Å². The van der Waals surface area contributed by atoms with Crippen molar-refractivity contribution < 1.29 is 10.2 Å². The zero-order valence-corrected chi connectivity index (χ0v) is 44.9. The van der Waals surface area contributed by atoms with E-state index in [0.717, 1.165) is 97.0 Å². The van der Waals surface area contributed by atoms with Gasteiger partial charge in [0.05, 0.1) is 16.8 Å². The number of nitrogens with two attached hydrogens (primary N) is 2. The van der Waals surface area contributed by atoms with Crippen molar-refractivity contribution in [2.75, 3.05) is 11.5 Å². The second-order valence-corrected chi connectivity index (χ2v) is 32.4. The Bertz CT molecular complexity index is 2800. The molecule has 4 nitrogen and oxygen atoms in total. The van der Waals surface area contributed by atoms with E-state index >= 15 is 0 Å². The van der Waals surface area contributed by atoms with Gasteiger partial charge in [0.2, 0.25) is 0 Å². The van der Waals surface area contributed by atoms with Crippen molar-refractivity contribution in [3.8, 4) is 22.6 Å². The van der Waals surface area contributed by atoms with Crippen molar-refractivity contribution >= 4 is 11.4 Å². The van der Waals surface area contributed by atoms with E-state index in [0.29, 0.717) is 44.5 Å². The maximum atomic E-state index is 12.7. The Morgan fingerprint density at radius 2 is 0.644 bits per heavy atom. The molecule has 4 aromatic carbocycles. The van der Waals surface area contributed by atoms with E-state index in [2.05, 4.69) is 88.4 Å². The molecule has 16 fully saturated rings. The maximum Gasteiger partial charge on any atom is 0.142 e. The molecule has 17 aliphatic rings. The topological polar surface area (TPSA) is 92.5 Å². The summed E-state index contributed by atoms with van der Waals surface area (Å²) in [7, 11) is 0. The predicted octanol–water partition coefficient (Wildman–Crippen LogP) is 16.1. The highest BCUT2D eigenvalue weighted by molar-refractivity contribution is 5.88. The second-order valence-electron chi connectivity index (χ2n) is 32.4. The molecule has 6 N–H and O–H groups in total. The van der Waals surface area contributed by atoms with Crippen LogP contribution in [0, 0.1) is 69.0 Å². The average Bonchev–Trinajstić information content (AvgIpc) is 3.57. The summed E-state index contributed by atoms with van der Waals surface area (Å²) in [6.45, 7) is 10.6. The van der Waals surface area contributed by atoms with E-state index in [4.69, 9.17) is 11.5 Å². The molecule has 0 heterocycles. The first-order chi connectivity index (χ1) is 34.8. The molecular weight excluding hydrogens is 889 g/mol. The van der Waals surface area contributed by atoms with E-state index in [1.807, 2.05) is 0 Å². The summed E-state index contributed by atoms with van der Waals surface area (Å²) >= 11 is 0. The van der Waals surface area contributed by atoms with Crippen LogP contribution in [-0.4, -0.2) is 10.2 Å². The number of benzene rings is 4. The van der Waals surface area contributed by atoms with Crippen molar-refractivity contribution in [3.05, 3.63) is 105 Å². The highest BCUT2D eigenvalue weighted by Crippen LogP contribution is 2.74. The predicted molar refractivity (Wildman–Crippen MR) is 294 cm³/mol. The van der Waals surface area contributed by atoms with Crippen LogP contribution >= 0.6 is 0 Å². The SMILES string of the molecule is CC12CC3CC(C)(C1)CC(c1ccc4c(c1)C(c1cc(N)c(O)c(C56CC7CC(CC(C7)C5)C6)c1)(c1cc(N)c(O)c(C56CC7CC(CC(C7)C5)C6)c1)c1cc(C56CC7CC(C)(CC(C)(C7)C5)C6)ccc1-4)(C3)C2. The number of aromatic hydroxyl groups is 2. The van der Waals surface area contributed by atoms with Crippen molar-refractivity contribution in [2.24, 2.45) is 69.0 Å². The molecule has 73 heavy (non-hydrogen) atoms. The number of rotatable bonds is 6. The molecule has 4 unspecified atom stereocenters. The van der Waals surface area contributed by atoms with Crippen molar-refractivity contribution in [1.82, 2.24) is 0 Å². The summed E-state index contributed by atoms with van der Waals surface area (Å²) in [6, 6.07) is 25.5. The summed E-state index contributed by atoms with van der Waals surface area (Å²) in [4.78, 5) is 0. The number of fused-ring (bicyclic) bond motifs is 3. The van der Waals surface area contributed by atoms with Crippen molar-refractivity contribution in [2.45, 2.75) is 209 Å². The van der Waals surface area contributed by atoms with Crippen LogP contribution in [0.2, 0.25) is 0 Å². The molecule has 17 aliphatic carbocycles. The molecule has 0 aromatic heterocycles. The lowest BCUT2D eigenvalue weighted by molar-refractivity contribution is -0.110. The van der Waals surface area contributed by atoms with Crippen LogP contribution in [0.5, 0.6) is 11.5 Å². The molecule has 16 bridgehead atoms. The average molecular weight is 973 g/mol. The Morgan fingerprint density at radius 1 is 0.342 bits per heavy atom. The highest BCUT2D eigenvalue weighted by atomic mass is 16.3. The summed E-state index contributed by atoms with van der Waals surface area (Å²) in [5.74, 6) is 6.64. The lowest BCUT2D eigenvalue weighted by Gasteiger charge is -2.65. The molecule has 0 aliphatic heterocycles. The van der Waals surface area contributed by atoms with E-state index in [-0.39, 0.29) is 21.7 Å². The van der Waals surface area contributed by atoms with Gasteiger partial charge in [-0.2, -0.15) is 0 Å². The Morgan fingerprint density at radius 3 is 0.959 bits per heavy atom. The number of hydrogen-bond donors (Lipinski definition) is 4. The molecule has 21 rings (SSSR count). The van der Waals surface area contributed by atoms with Gasteiger partial charge in [0, 0.05) is 11.1 Å². The Balaban J connectivity index is 0.960. The lowest BCUT2D eigenvalue weighted by atomic mass is 9.39. The van der Waals surface area contributed by atoms with E-state index < -0.39 is 5.41 Å². The Hall–Kier alpha value is -3.92. The Kier molecular flexibility index (Phi) is 8.24. The minimum atomic E-state index is -0.777. The fraction of sp³-hybridized carbons (Fsp3) is 0.652. The number of hydrogen-bond acceptors (Lipinski definition) is 4. The molecule has 4 aromatic rings. The van der Waals surface area contributed by atoms with Crippen LogP contribution in [0.4, 0.5) is 11.4 Å².